The van der Waals surface area contributed by atoms with E-state index in [-0.39, 0.29) is 11.7 Å². The van der Waals surface area contributed by atoms with Gasteiger partial charge < -0.3 is 24.1 Å². The van der Waals surface area contributed by atoms with Gasteiger partial charge in [0, 0.05) is 35.9 Å². The summed E-state index contributed by atoms with van der Waals surface area (Å²) in [5.74, 6) is 1.95. The largest absolute Gasteiger partial charge is 0.486 e. The van der Waals surface area contributed by atoms with Crippen LogP contribution in [-0.4, -0.2) is 57.7 Å². The highest BCUT2D eigenvalue weighted by Gasteiger charge is 2.35. The van der Waals surface area contributed by atoms with E-state index in [1.165, 1.54) is 5.56 Å². The molecule has 10 heteroatoms. The summed E-state index contributed by atoms with van der Waals surface area (Å²) in [4.78, 5) is 18.9. The zero-order valence-electron chi connectivity index (χ0n) is 19.7. The van der Waals surface area contributed by atoms with Crippen LogP contribution in [0.15, 0.2) is 47.3 Å². The fraction of sp³-hybridized carbons (Fsp3) is 0.385. The molecule has 4 aromatic rings. The van der Waals surface area contributed by atoms with Crippen LogP contribution in [0.1, 0.15) is 35.8 Å². The minimum atomic E-state index is -0.466. The van der Waals surface area contributed by atoms with Gasteiger partial charge in [0.2, 0.25) is 0 Å². The standard InChI is InChI=1S/C26H26N6O4/c33-26-19(12-17-13-22-23(14-20(17)27-26)36-11-10-35-22)24(31-8-7-16-4-1-2-6-21(16)31)25-28-29-30-32(25)15-18-5-3-9-34-18/h1-2,4,6,12-14,18,24H,3,5,7-11,15H2,(H,27,33)/t18-,24+/m0/s1. The number of rotatable bonds is 5. The maximum atomic E-state index is 13.6. The minimum absolute atomic E-state index is 0.0670. The molecule has 10 nitrogen and oxygen atoms in total. The fourth-order valence-corrected chi connectivity index (χ4v) is 5.56. The normalized spacial score (nSPS) is 19.6. The SMILES string of the molecule is O=c1[nH]c2cc3c(cc2cc1[C@H](c1nnnn1C[C@@H]1CCCO1)N1CCc2ccccc21)OCCO3. The van der Waals surface area contributed by atoms with Gasteiger partial charge in [-0.25, -0.2) is 4.68 Å². The molecule has 0 saturated carbocycles. The first-order valence-corrected chi connectivity index (χ1v) is 12.4. The van der Waals surface area contributed by atoms with E-state index in [9.17, 15) is 4.79 Å². The molecule has 0 radical (unpaired) electrons. The zero-order valence-corrected chi connectivity index (χ0v) is 19.7. The van der Waals surface area contributed by atoms with E-state index in [4.69, 9.17) is 14.2 Å². The number of para-hydroxylation sites is 1. The van der Waals surface area contributed by atoms with E-state index in [2.05, 4.69) is 37.5 Å². The molecule has 0 unspecified atom stereocenters. The predicted octanol–water partition coefficient (Wildman–Crippen LogP) is 2.62. The van der Waals surface area contributed by atoms with Crippen LogP contribution in [0.3, 0.4) is 0 Å². The number of pyridine rings is 1. The quantitative estimate of drug-likeness (QED) is 0.459. The van der Waals surface area contributed by atoms with Crippen molar-refractivity contribution in [1.29, 1.82) is 0 Å². The van der Waals surface area contributed by atoms with Crippen LogP contribution in [0.5, 0.6) is 11.5 Å². The van der Waals surface area contributed by atoms with Crippen molar-refractivity contribution in [3.05, 3.63) is 69.8 Å². The van der Waals surface area contributed by atoms with Crippen molar-refractivity contribution in [2.75, 3.05) is 31.3 Å². The Labute approximate surface area is 206 Å². The highest BCUT2D eigenvalue weighted by molar-refractivity contribution is 5.83. The molecule has 184 valence electrons. The molecule has 1 saturated heterocycles. The number of ether oxygens (including phenoxy) is 3. The smallest absolute Gasteiger partial charge is 0.254 e. The Morgan fingerprint density at radius 2 is 1.94 bits per heavy atom. The summed E-state index contributed by atoms with van der Waals surface area (Å²) in [6, 6.07) is 13.5. The van der Waals surface area contributed by atoms with Crippen LogP contribution in [-0.2, 0) is 17.7 Å². The molecule has 0 bridgehead atoms. The Kier molecular flexibility index (Phi) is 5.12. The first-order chi connectivity index (χ1) is 17.7. The number of aromatic amines is 1. The molecule has 2 aromatic carbocycles. The summed E-state index contributed by atoms with van der Waals surface area (Å²) < 4.78 is 19.2. The third-order valence-corrected chi connectivity index (χ3v) is 7.27. The van der Waals surface area contributed by atoms with Gasteiger partial charge in [-0.2, -0.15) is 0 Å². The number of aromatic nitrogens is 5. The molecule has 7 rings (SSSR count). The van der Waals surface area contributed by atoms with Crippen molar-refractivity contribution in [3.63, 3.8) is 0 Å². The van der Waals surface area contributed by atoms with Crippen molar-refractivity contribution in [1.82, 2.24) is 25.2 Å². The number of hydrogen-bond donors (Lipinski definition) is 1. The number of H-pyrrole nitrogens is 1. The summed E-state index contributed by atoms with van der Waals surface area (Å²) in [6.45, 7) is 3.06. The molecule has 0 amide bonds. The van der Waals surface area contributed by atoms with Gasteiger partial charge in [0.25, 0.3) is 5.56 Å². The average molecular weight is 487 g/mol. The lowest BCUT2D eigenvalue weighted by atomic mass is 10.0. The first kappa shape index (κ1) is 21.4. The summed E-state index contributed by atoms with van der Waals surface area (Å²) in [5, 5.41) is 13.6. The first-order valence-electron chi connectivity index (χ1n) is 12.4. The van der Waals surface area contributed by atoms with Gasteiger partial charge >= 0.3 is 0 Å². The third-order valence-electron chi connectivity index (χ3n) is 7.27. The zero-order chi connectivity index (χ0) is 24.1. The molecule has 0 spiro atoms. The van der Waals surface area contributed by atoms with E-state index in [1.54, 1.807) is 4.68 Å². The highest BCUT2D eigenvalue weighted by Crippen LogP contribution is 2.39. The number of nitrogens with zero attached hydrogens (tertiary/aromatic N) is 5. The van der Waals surface area contributed by atoms with Gasteiger partial charge in [0.15, 0.2) is 17.3 Å². The van der Waals surface area contributed by atoms with Crippen LogP contribution in [0.25, 0.3) is 10.9 Å². The molecule has 2 atom stereocenters. The van der Waals surface area contributed by atoms with Crippen molar-refractivity contribution in [2.24, 2.45) is 0 Å². The second-order valence-electron chi connectivity index (χ2n) is 9.47. The Balaban J connectivity index is 1.38. The van der Waals surface area contributed by atoms with Crippen LogP contribution < -0.4 is 19.9 Å². The topological polar surface area (TPSA) is 107 Å². The van der Waals surface area contributed by atoms with Gasteiger partial charge in [-0.1, -0.05) is 18.2 Å². The molecule has 5 heterocycles. The van der Waals surface area contributed by atoms with Crippen molar-refractivity contribution >= 4 is 16.6 Å². The maximum Gasteiger partial charge on any atom is 0.254 e. The maximum absolute atomic E-state index is 13.6. The Morgan fingerprint density at radius 3 is 2.81 bits per heavy atom. The highest BCUT2D eigenvalue weighted by atomic mass is 16.6. The van der Waals surface area contributed by atoms with E-state index in [0.29, 0.717) is 48.2 Å². The summed E-state index contributed by atoms with van der Waals surface area (Å²) in [5.41, 5.74) is 3.44. The lowest BCUT2D eigenvalue weighted by Crippen LogP contribution is -2.35. The monoisotopic (exact) mass is 486 g/mol. The molecule has 2 aromatic heterocycles. The molecule has 36 heavy (non-hydrogen) atoms. The van der Waals surface area contributed by atoms with Crippen molar-refractivity contribution in [3.8, 4) is 11.5 Å². The number of tetrazole rings is 1. The van der Waals surface area contributed by atoms with Gasteiger partial charge in [0.1, 0.15) is 19.3 Å². The number of fused-ring (bicyclic) bond motifs is 3. The van der Waals surface area contributed by atoms with E-state index in [1.807, 2.05) is 30.3 Å². The number of nitrogens with one attached hydrogen (secondary N) is 1. The molecule has 0 aliphatic carbocycles. The fourth-order valence-electron chi connectivity index (χ4n) is 5.56. The van der Waals surface area contributed by atoms with Crippen LogP contribution >= 0.6 is 0 Å². The predicted molar refractivity (Wildman–Crippen MR) is 132 cm³/mol. The van der Waals surface area contributed by atoms with Gasteiger partial charge in [0.05, 0.1) is 18.2 Å². The Hall–Kier alpha value is -3.92. The Bertz CT molecular complexity index is 1490. The molecule has 3 aliphatic rings. The van der Waals surface area contributed by atoms with Gasteiger partial charge in [-0.05, 0) is 53.5 Å². The second-order valence-corrected chi connectivity index (χ2v) is 9.47. The lowest BCUT2D eigenvalue weighted by Gasteiger charge is -2.30. The van der Waals surface area contributed by atoms with Crippen LogP contribution in [0, 0.1) is 0 Å². The number of hydrogen-bond acceptors (Lipinski definition) is 8. The lowest BCUT2D eigenvalue weighted by molar-refractivity contribution is 0.0924. The second kappa shape index (κ2) is 8.63. The van der Waals surface area contributed by atoms with Crippen molar-refractivity contribution in [2.45, 2.75) is 38.0 Å². The number of anilines is 1. The Morgan fingerprint density at radius 1 is 1.08 bits per heavy atom. The van der Waals surface area contributed by atoms with Crippen LogP contribution in [0.4, 0.5) is 5.69 Å². The summed E-state index contributed by atoms with van der Waals surface area (Å²) >= 11 is 0. The molecule has 1 N–H and O–H groups in total. The molecule has 1 fully saturated rings. The van der Waals surface area contributed by atoms with Crippen molar-refractivity contribution < 1.29 is 14.2 Å². The van der Waals surface area contributed by atoms with Crippen LogP contribution in [0.2, 0.25) is 0 Å². The number of benzene rings is 2. The third kappa shape index (κ3) is 3.60. The molecular formula is C26H26N6O4. The van der Waals surface area contributed by atoms with Gasteiger partial charge in [-0.15, -0.1) is 5.10 Å². The molecular weight excluding hydrogens is 460 g/mol. The summed E-state index contributed by atoms with van der Waals surface area (Å²) in [7, 11) is 0. The minimum Gasteiger partial charge on any atom is -0.486 e. The summed E-state index contributed by atoms with van der Waals surface area (Å²) in [6.07, 6.45) is 2.97. The van der Waals surface area contributed by atoms with E-state index >= 15 is 0 Å². The average Bonchev–Trinajstić information content (AvgIpc) is 3.66. The van der Waals surface area contributed by atoms with E-state index < -0.39 is 6.04 Å². The van der Waals surface area contributed by atoms with E-state index in [0.717, 1.165) is 43.5 Å². The van der Waals surface area contributed by atoms with Gasteiger partial charge in [-0.3, -0.25) is 4.79 Å². The molecule has 3 aliphatic heterocycles.